The molecule has 1 saturated heterocycles. The van der Waals surface area contributed by atoms with E-state index < -0.39 is 5.60 Å². The molecule has 0 aliphatic carbocycles. The van der Waals surface area contributed by atoms with E-state index in [4.69, 9.17) is 9.73 Å². The van der Waals surface area contributed by atoms with Crippen LogP contribution in [0.2, 0.25) is 0 Å². The molecular weight excluding hydrogens is 346 g/mol. The number of hydrogen-bond donors (Lipinski definition) is 2. The summed E-state index contributed by atoms with van der Waals surface area (Å²) in [6, 6.07) is 0.0565. The fraction of sp³-hybridized carbons (Fsp3) is 0.778. The van der Waals surface area contributed by atoms with Gasteiger partial charge in [-0.3, -0.25) is 0 Å². The molecule has 2 N–H and O–H groups in total. The Labute approximate surface area is 160 Å². The summed E-state index contributed by atoms with van der Waals surface area (Å²) in [5, 5.41) is 14.8. The fourth-order valence-electron chi connectivity index (χ4n) is 3.44. The summed E-state index contributed by atoms with van der Waals surface area (Å²) in [5.41, 5.74) is -0.489. The summed E-state index contributed by atoms with van der Waals surface area (Å²) >= 11 is 0. The van der Waals surface area contributed by atoms with Crippen LogP contribution in [0.4, 0.5) is 4.79 Å². The molecule has 27 heavy (non-hydrogen) atoms. The van der Waals surface area contributed by atoms with Gasteiger partial charge in [0.05, 0.1) is 6.04 Å². The van der Waals surface area contributed by atoms with E-state index in [1.807, 2.05) is 20.8 Å². The number of amides is 1. The van der Waals surface area contributed by atoms with E-state index in [1.165, 1.54) is 0 Å². The number of carbonyl (C=O) groups excluding carboxylic acids is 1. The largest absolute Gasteiger partial charge is 0.444 e. The monoisotopic (exact) mass is 377 g/mol. The lowest BCUT2D eigenvalue weighted by atomic mass is 10.2. The Morgan fingerprint density at radius 3 is 2.89 bits per heavy atom. The van der Waals surface area contributed by atoms with Crippen LogP contribution in [0.15, 0.2) is 4.99 Å². The van der Waals surface area contributed by atoms with Crippen molar-refractivity contribution in [3.63, 3.8) is 0 Å². The van der Waals surface area contributed by atoms with Gasteiger partial charge in [0.1, 0.15) is 18.0 Å². The van der Waals surface area contributed by atoms with E-state index >= 15 is 0 Å². The zero-order valence-electron chi connectivity index (χ0n) is 16.8. The minimum atomic E-state index is -0.489. The van der Waals surface area contributed by atoms with Gasteiger partial charge in [0.2, 0.25) is 0 Å². The number of alkyl carbamates (subject to hydrolysis) is 1. The van der Waals surface area contributed by atoms with E-state index in [0.29, 0.717) is 13.1 Å². The maximum Gasteiger partial charge on any atom is 0.407 e. The molecule has 0 saturated carbocycles. The Kier molecular flexibility index (Phi) is 5.86. The molecule has 1 fully saturated rings. The average Bonchev–Trinajstić information content (AvgIpc) is 3.27. The van der Waals surface area contributed by atoms with E-state index in [1.54, 1.807) is 0 Å². The lowest BCUT2D eigenvalue weighted by Crippen LogP contribution is -2.44. The van der Waals surface area contributed by atoms with Crippen LogP contribution in [0.25, 0.3) is 0 Å². The van der Waals surface area contributed by atoms with Crippen molar-refractivity contribution in [3.8, 4) is 0 Å². The topological polar surface area (TPSA) is 96.7 Å². The Morgan fingerprint density at radius 2 is 2.15 bits per heavy atom. The molecule has 2 aliphatic heterocycles. The van der Waals surface area contributed by atoms with E-state index in [0.717, 1.165) is 56.5 Å². The minimum absolute atomic E-state index is 0.0565. The fourth-order valence-corrected chi connectivity index (χ4v) is 3.44. The summed E-state index contributed by atoms with van der Waals surface area (Å²) in [6.45, 7) is 11.5. The smallest absolute Gasteiger partial charge is 0.407 e. The number of nitrogens with one attached hydrogen (secondary N) is 2. The van der Waals surface area contributed by atoms with Crippen molar-refractivity contribution in [1.29, 1.82) is 0 Å². The van der Waals surface area contributed by atoms with Gasteiger partial charge in [-0.15, -0.1) is 10.2 Å². The highest BCUT2D eigenvalue weighted by atomic mass is 16.6. The number of likely N-dealkylation sites (tertiary alicyclic amines) is 1. The molecule has 1 aromatic rings. The molecule has 150 valence electrons. The molecule has 0 radical (unpaired) electrons. The summed E-state index contributed by atoms with van der Waals surface area (Å²) in [4.78, 5) is 18.9. The molecule has 0 bridgehead atoms. The van der Waals surface area contributed by atoms with Gasteiger partial charge in [-0.2, -0.15) is 0 Å². The molecule has 2 aliphatic rings. The zero-order valence-corrected chi connectivity index (χ0v) is 16.8. The van der Waals surface area contributed by atoms with Gasteiger partial charge in [-0.1, -0.05) is 0 Å². The number of ether oxygens (including phenoxy) is 1. The van der Waals surface area contributed by atoms with Crippen molar-refractivity contribution in [3.05, 3.63) is 11.6 Å². The van der Waals surface area contributed by atoms with Gasteiger partial charge in [0.15, 0.2) is 11.8 Å². The van der Waals surface area contributed by atoms with E-state index in [2.05, 4.69) is 37.2 Å². The van der Waals surface area contributed by atoms with Crippen molar-refractivity contribution in [2.45, 2.75) is 71.7 Å². The van der Waals surface area contributed by atoms with E-state index in [9.17, 15) is 4.79 Å². The predicted molar refractivity (Wildman–Crippen MR) is 103 cm³/mol. The van der Waals surface area contributed by atoms with Crippen LogP contribution in [0.1, 0.15) is 52.2 Å². The maximum absolute atomic E-state index is 12.0. The highest BCUT2D eigenvalue weighted by Gasteiger charge is 2.28. The lowest BCUT2D eigenvalue weighted by Gasteiger charge is -2.23. The first-order valence-electron chi connectivity index (χ1n) is 9.79. The number of rotatable bonds is 4. The number of nitrogens with zero attached hydrogens (tertiary/aromatic N) is 5. The zero-order chi connectivity index (χ0) is 19.4. The number of aryl methyl sites for hydroxylation is 1. The second-order valence-corrected chi connectivity index (χ2v) is 8.04. The van der Waals surface area contributed by atoms with Crippen LogP contribution < -0.4 is 10.6 Å². The molecule has 1 amide bonds. The molecule has 9 nitrogen and oxygen atoms in total. The second-order valence-electron chi connectivity index (χ2n) is 8.04. The lowest BCUT2D eigenvalue weighted by molar-refractivity contribution is 0.0507. The third kappa shape index (κ3) is 5.11. The molecule has 1 unspecified atom stereocenters. The number of aromatic nitrogens is 3. The van der Waals surface area contributed by atoms with Crippen molar-refractivity contribution in [2.75, 3.05) is 19.6 Å². The van der Waals surface area contributed by atoms with Gasteiger partial charge in [0.25, 0.3) is 0 Å². The highest BCUT2D eigenvalue weighted by Crippen LogP contribution is 2.15. The predicted octanol–water partition coefficient (Wildman–Crippen LogP) is 1.29. The van der Waals surface area contributed by atoms with Crippen molar-refractivity contribution in [1.82, 2.24) is 30.3 Å². The Morgan fingerprint density at radius 1 is 1.33 bits per heavy atom. The molecule has 3 heterocycles. The van der Waals surface area contributed by atoms with Crippen LogP contribution in [-0.2, 0) is 24.2 Å². The summed E-state index contributed by atoms with van der Waals surface area (Å²) < 4.78 is 7.52. The normalized spacial score (nSPS) is 19.9. The van der Waals surface area contributed by atoms with Crippen LogP contribution in [0, 0.1) is 0 Å². The third-order valence-electron chi connectivity index (χ3n) is 4.60. The highest BCUT2D eigenvalue weighted by molar-refractivity contribution is 5.80. The first-order valence-corrected chi connectivity index (χ1v) is 9.79. The molecule has 9 heteroatoms. The number of guanidine groups is 1. The van der Waals surface area contributed by atoms with Gasteiger partial charge in [-0.05, 0) is 40.5 Å². The summed E-state index contributed by atoms with van der Waals surface area (Å²) in [7, 11) is 0. The maximum atomic E-state index is 12.0. The molecule has 0 spiro atoms. The quantitative estimate of drug-likeness (QED) is 0.606. The molecule has 3 rings (SSSR count). The van der Waals surface area contributed by atoms with Crippen molar-refractivity contribution in [2.24, 2.45) is 4.99 Å². The van der Waals surface area contributed by atoms with Gasteiger partial charge >= 0.3 is 6.09 Å². The van der Waals surface area contributed by atoms with Gasteiger partial charge in [-0.25, -0.2) is 9.79 Å². The van der Waals surface area contributed by atoms with Crippen LogP contribution >= 0.6 is 0 Å². The number of carbonyl (C=O) groups is 1. The summed E-state index contributed by atoms with van der Waals surface area (Å²) in [6.07, 6.45) is 2.63. The summed E-state index contributed by atoms with van der Waals surface area (Å²) in [5.74, 6) is 2.83. The molecule has 0 aromatic carbocycles. The molecule has 1 aromatic heterocycles. The first-order chi connectivity index (χ1) is 12.9. The number of aliphatic imine (C=N–C) groups is 1. The van der Waals surface area contributed by atoms with E-state index in [-0.39, 0.29) is 12.1 Å². The molecule has 1 atom stereocenters. The SMILES string of the molecule is CCNC(=NCc1nnc2n1CCC2)N1CCC(NC(=O)OC(C)(C)C)C1. The average molecular weight is 377 g/mol. The van der Waals surface area contributed by atoms with Crippen molar-refractivity contribution >= 4 is 12.1 Å². The number of hydrogen-bond acceptors (Lipinski definition) is 5. The Hall–Kier alpha value is -2.32. The minimum Gasteiger partial charge on any atom is -0.444 e. The standard InChI is InChI=1S/C18H31N7O2/c1-5-19-16(20-11-15-23-22-14-7-6-9-25(14)15)24-10-8-13(12-24)21-17(26)27-18(2,3)4/h13H,5-12H2,1-4H3,(H,19,20)(H,21,26). The van der Waals surface area contributed by atoms with Crippen LogP contribution in [-0.4, -0.2) is 63.0 Å². The second kappa shape index (κ2) is 8.14. The molecular formula is C18H31N7O2. The Balaban J connectivity index is 1.58. The van der Waals surface area contributed by atoms with Gasteiger partial charge in [0, 0.05) is 32.6 Å². The van der Waals surface area contributed by atoms with Crippen LogP contribution in [0.5, 0.6) is 0 Å². The van der Waals surface area contributed by atoms with Crippen LogP contribution in [0.3, 0.4) is 0 Å². The third-order valence-corrected chi connectivity index (χ3v) is 4.60. The first kappa shape index (κ1) is 19.4. The number of fused-ring (bicyclic) bond motifs is 1. The van der Waals surface area contributed by atoms with Gasteiger partial charge < -0.3 is 24.8 Å². The Bertz CT molecular complexity index is 692. The van der Waals surface area contributed by atoms with Crippen molar-refractivity contribution < 1.29 is 9.53 Å².